The van der Waals surface area contributed by atoms with Crippen LogP contribution in [0, 0.1) is 11.7 Å². The molecule has 1 heterocycles. The van der Waals surface area contributed by atoms with Crippen LogP contribution in [0.1, 0.15) is 62.5 Å². The zero-order chi connectivity index (χ0) is 22.3. The Morgan fingerprint density at radius 1 is 1.19 bits per heavy atom. The van der Waals surface area contributed by atoms with E-state index in [1.54, 1.807) is 20.8 Å². The predicted octanol–water partition coefficient (Wildman–Crippen LogP) is 6.04. The van der Waals surface area contributed by atoms with E-state index in [1.165, 1.54) is 17.7 Å². The summed E-state index contributed by atoms with van der Waals surface area (Å²) in [4.78, 5) is 14.8. The number of piperidine rings is 1. The molecular weight excluding hydrogens is 417 g/mol. The number of carbonyl (C=O) groups excluding carboxylic acids is 1. The van der Waals surface area contributed by atoms with Gasteiger partial charge in [0.15, 0.2) is 0 Å². The van der Waals surface area contributed by atoms with Crippen molar-refractivity contribution in [1.82, 2.24) is 4.90 Å². The van der Waals surface area contributed by atoms with Crippen molar-refractivity contribution in [3.8, 4) is 5.75 Å². The molecule has 4 atom stereocenters. The molecule has 0 N–H and O–H groups in total. The van der Waals surface area contributed by atoms with E-state index < -0.39 is 17.4 Å². The molecule has 2 bridgehead atoms. The van der Waals surface area contributed by atoms with Gasteiger partial charge < -0.3 is 9.47 Å². The molecule has 31 heavy (non-hydrogen) atoms. The largest absolute Gasteiger partial charge is 0.487 e. The third-order valence-corrected chi connectivity index (χ3v) is 6.46. The fourth-order valence-electron chi connectivity index (χ4n) is 4.77. The normalized spacial score (nSPS) is 24.3. The van der Waals surface area contributed by atoms with Gasteiger partial charge in [-0.15, -0.1) is 0 Å². The van der Waals surface area contributed by atoms with E-state index >= 15 is 0 Å². The lowest BCUT2D eigenvalue weighted by atomic mass is 10.0. The summed E-state index contributed by atoms with van der Waals surface area (Å²) >= 11 is 6.38. The molecule has 1 aliphatic carbocycles. The van der Waals surface area contributed by atoms with Gasteiger partial charge in [0.05, 0.1) is 10.6 Å². The van der Waals surface area contributed by atoms with E-state index in [1.807, 2.05) is 6.07 Å². The van der Waals surface area contributed by atoms with E-state index in [-0.39, 0.29) is 34.5 Å². The number of likely N-dealkylation sites (tertiary alicyclic amines) is 1. The van der Waals surface area contributed by atoms with Gasteiger partial charge in [-0.2, -0.15) is 0 Å². The van der Waals surface area contributed by atoms with Crippen molar-refractivity contribution >= 4 is 17.6 Å². The van der Waals surface area contributed by atoms with Gasteiger partial charge in [-0.3, -0.25) is 4.90 Å². The molecule has 0 aromatic heterocycles. The molecule has 4 rings (SSSR count). The maximum atomic E-state index is 14.7. The van der Waals surface area contributed by atoms with E-state index in [9.17, 15) is 9.18 Å². The minimum absolute atomic E-state index is 0.0609. The molecule has 4 nitrogen and oxygen atoms in total. The van der Waals surface area contributed by atoms with Crippen LogP contribution < -0.4 is 4.74 Å². The molecule has 2 fully saturated rings. The highest BCUT2D eigenvalue weighted by molar-refractivity contribution is 6.32. The van der Waals surface area contributed by atoms with Gasteiger partial charge in [0, 0.05) is 24.7 Å². The van der Waals surface area contributed by atoms with Gasteiger partial charge in [-0.1, -0.05) is 41.9 Å². The third kappa shape index (κ3) is 4.73. The first-order valence-electron chi connectivity index (χ1n) is 10.8. The van der Waals surface area contributed by atoms with Crippen molar-refractivity contribution in [3.63, 3.8) is 0 Å². The standard InChI is InChI=1S/C25H29ClFNO3/c1-15(17-8-6-5-7-9-17)28-14-16-10-21(28)23(11-16)30-22-13-20(27)18(12-19(22)26)24(29)31-25(2,3)4/h5-9,12-13,15-16,21,23H,10-11,14H2,1-4H3/t15-,16-,21+,23+/m0/s1. The van der Waals surface area contributed by atoms with Crippen LogP contribution in [0.5, 0.6) is 5.75 Å². The Morgan fingerprint density at radius 3 is 2.55 bits per heavy atom. The number of rotatable bonds is 5. The minimum Gasteiger partial charge on any atom is -0.487 e. The molecule has 1 saturated carbocycles. The number of carbonyl (C=O) groups is 1. The molecule has 0 amide bonds. The monoisotopic (exact) mass is 445 g/mol. The quantitative estimate of drug-likeness (QED) is 0.526. The van der Waals surface area contributed by atoms with Gasteiger partial charge in [0.25, 0.3) is 0 Å². The van der Waals surface area contributed by atoms with Crippen LogP contribution in [0.15, 0.2) is 42.5 Å². The number of esters is 1. The molecule has 6 heteroatoms. The number of hydrogen-bond acceptors (Lipinski definition) is 4. The summed E-state index contributed by atoms with van der Waals surface area (Å²) < 4.78 is 26.2. The predicted molar refractivity (Wildman–Crippen MR) is 119 cm³/mol. The van der Waals surface area contributed by atoms with Crippen molar-refractivity contribution in [2.75, 3.05) is 6.54 Å². The van der Waals surface area contributed by atoms with Crippen LogP contribution in [-0.2, 0) is 4.74 Å². The Morgan fingerprint density at radius 2 is 1.90 bits per heavy atom. The van der Waals surface area contributed by atoms with Gasteiger partial charge in [-0.05, 0) is 58.1 Å². The van der Waals surface area contributed by atoms with Crippen molar-refractivity contribution in [1.29, 1.82) is 0 Å². The van der Waals surface area contributed by atoms with Crippen LogP contribution >= 0.6 is 11.6 Å². The van der Waals surface area contributed by atoms with Crippen molar-refractivity contribution < 1.29 is 18.7 Å². The third-order valence-electron chi connectivity index (χ3n) is 6.16. The Balaban J connectivity index is 1.49. The molecule has 1 aliphatic heterocycles. The number of benzene rings is 2. The number of halogens is 2. The lowest BCUT2D eigenvalue weighted by Crippen LogP contribution is -2.45. The number of ether oxygens (including phenoxy) is 2. The fraction of sp³-hybridized carbons (Fsp3) is 0.480. The van der Waals surface area contributed by atoms with E-state index in [0.717, 1.165) is 19.4 Å². The van der Waals surface area contributed by atoms with Crippen molar-refractivity contribution in [2.45, 2.75) is 64.3 Å². The van der Waals surface area contributed by atoms with E-state index in [0.29, 0.717) is 5.92 Å². The van der Waals surface area contributed by atoms with Gasteiger partial charge >= 0.3 is 5.97 Å². The molecule has 0 radical (unpaired) electrons. The molecule has 1 saturated heterocycles. The highest BCUT2D eigenvalue weighted by Crippen LogP contribution is 2.44. The molecule has 2 aliphatic rings. The second kappa shape index (κ2) is 8.44. The summed E-state index contributed by atoms with van der Waals surface area (Å²) in [6, 6.07) is 13.5. The van der Waals surface area contributed by atoms with Crippen LogP contribution in [-0.4, -0.2) is 35.2 Å². The maximum absolute atomic E-state index is 14.7. The molecule has 166 valence electrons. The van der Waals surface area contributed by atoms with Crippen LogP contribution in [0.4, 0.5) is 4.39 Å². The lowest BCUT2D eigenvalue weighted by molar-refractivity contribution is 0.00645. The summed E-state index contributed by atoms with van der Waals surface area (Å²) in [5.41, 5.74) is 0.381. The summed E-state index contributed by atoms with van der Waals surface area (Å²) in [6.07, 6.45) is 1.93. The summed E-state index contributed by atoms with van der Waals surface area (Å²) in [5.74, 6) is -0.588. The SMILES string of the molecule is C[C@@H](c1ccccc1)N1C[C@H]2C[C@@H]1[C@H](Oc1cc(F)c(C(=O)OC(C)(C)C)cc1Cl)C2. The number of nitrogens with zero attached hydrogens (tertiary/aromatic N) is 1. The second-order valence-corrected chi connectivity index (χ2v) is 10.0. The minimum atomic E-state index is -0.735. The Hall–Kier alpha value is -2.11. The smallest absolute Gasteiger partial charge is 0.341 e. The van der Waals surface area contributed by atoms with Crippen LogP contribution in [0.3, 0.4) is 0 Å². The van der Waals surface area contributed by atoms with Crippen molar-refractivity contribution in [2.24, 2.45) is 5.92 Å². The Kier molecular flexibility index (Phi) is 6.01. The number of hydrogen-bond donors (Lipinski definition) is 0. The number of fused-ring (bicyclic) bond motifs is 2. The first kappa shape index (κ1) is 22.1. The topological polar surface area (TPSA) is 38.8 Å². The van der Waals surface area contributed by atoms with E-state index in [4.69, 9.17) is 21.1 Å². The summed E-state index contributed by atoms with van der Waals surface area (Å²) in [6.45, 7) is 8.47. The molecule has 0 spiro atoms. The molecule has 0 unspecified atom stereocenters. The first-order valence-corrected chi connectivity index (χ1v) is 11.2. The Labute approximate surface area is 188 Å². The molecular formula is C25H29ClFNO3. The fourth-order valence-corrected chi connectivity index (χ4v) is 4.98. The Bertz CT molecular complexity index is 959. The second-order valence-electron chi connectivity index (χ2n) is 9.61. The van der Waals surface area contributed by atoms with Gasteiger partial charge in [0.1, 0.15) is 23.3 Å². The van der Waals surface area contributed by atoms with Crippen molar-refractivity contribution in [3.05, 3.63) is 64.4 Å². The average Bonchev–Trinajstić information content (AvgIpc) is 3.29. The lowest BCUT2D eigenvalue weighted by Gasteiger charge is -2.37. The van der Waals surface area contributed by atoms with Gasteiger partial charge in [-0.25, -0.2) is 9.18 Å². The highest BCUT2D eigenvalue weighted by atomic mass is 35.5. The maximum Gasteiger partial charge on any atom is 0.341 e. The average molecular weight is 446 g/mol. The van der Waals surface area contributed by atoms with Crippen LogP contribution in [0.25, 0.3) is 0 Å². The van der Waals surface area contributed by atoms with Crippen LogP contribution in [0.2, 0.25) is 5.02 Å². The molecule has 2 aromatic carbocycles. The zero-order valence-corrected chi connectivity index (χ0v) is 19.2. The summed E-state index contributed by atoms with van der Waals surface area (Å²) in [7, 11) is 0. The zero-order valence-electron chi connectivity index (χ0n) is 18.4. The van der Waals surface area contributed by atoms with E-state index in [2.05, 4.69) is 36.1 Å². The van der Waals surface area contributed by atoms with Gasteiger partial charge in [0.2, 0.25) is 0 Å². The molecule has 2 aromatic rings. The highest BCUT2D eigenvalue weighted by Gasteiger charge is 2.48. The first-order chi connectivity index (χ1) is 14.6. The summed E-state index contributed by atoms with van der Waals surface area (Å²) in [5, 5.41) is 0.215.